The molecule has 1 aliphatic heterocycles. The van der Waals surface area contributed by atoms with Crippen LogP contribution in [0.25, 0.3) is 0 Å². The summed E-state index contributed by atoms with van der Waals surface area (Å²) in [5.41, 5.74) is 3.06. The molecule has 0 radical (unpaired) electrons. The van der Waals surface area contributed by atoms with Crippen molar-refractivity contribution in [2.24, 2.45) is 0 Å². The smallest absolute Gasteiger partial charge is 0.270 e. The van der Waals surface area contributed by atoms with Gasteiger partial charge in [0.1, 0.15) is 5.69 Å². The van der Waals surface area contributed by atoms with E-state index in [-0.39, 0.29) is 12.7 Å². The lowest BCUT2D eigenvalue weighted by atomic mass is 10.1. The SMILES string of the molecule is Cc1cc(C(=O)NCCCc2ccccc2)nc(Nc2ccc3c(c2)OCO3)n1. The van der Waals surface area contributed by atoms with Gasteiger partial charge in [0.15, 0.2) is 11.5 Å². The van der Waals surface area contributed by atoms with Crippen LogP contribution in [0.4, 0.5) is 11.6 Å². The number of aromatic nitrogens is 2. The zero-order valence-electron chi connectivity index (χ0n) is 16.1. The number of carbonyl (C=O) groups excluding carboxylic acids is 1. The second-order valence-electron chi connectivity index (χ2n) is 6.76. The topological polar surface area (TPSA) is 85.4 Å². The first-order valence-corrected chi connectivity index (χ1v) is 9.52. The highest BCUT2D eigenvalue weighted by Crippen LogP contribution is 2.34. The van der Waals surface area contributed by atoms with Crippen LogP contribution >= 0.6 is 0 Å². The van der Waals surface area contributed by atoms with Gasteiger partial charge in [-0.15, -0.1) is 0 Å². The van der Waals surface area contributed by atoms with Crippen molar-refractivity contribution in [1.82, 2.24) is 15.3 Å². The maximum atomic E-state index is 12.5. The molecule has 2 heterocycles. The molecule has 2 aromatic carbocycles. The van der Waals surface area contributed by atoms with Crippen LogP contribution in [-0.4, -0.2) is 29.2 Å². The molecule has 0 aliphatic carbocycles. The first-order chi connectivity index (χ1) is 14.2. The fraction of sp³-hybridized carbons (Fsp3) is 0.227. The minimum Gasteiger partial charge on any atom is -0.454 e. The van der Waals surface area contributed by atoms with Crippen LogP contribution in [0.1, 0.15) is 28.2 Å². The number of benzene rings is 2. The number of ether oxygens (including phenoxy) is 2. The summed E-state index contributed by atoms with van der Waals surface area (Å²) in [4.78, 5) is 21.2. The van der Waals surface area contributed by atoms with Gasteiger partial charge in [-0.05, 0) is 43.5 Å². The highest BCUT2D eigenvalue weighted by atomic mass is 16.7. The maximum absolute atomic E-state index is 12.5. The third-order valence-electron chi connectivity index (χ3n) is 4.49. The zero-order chi connectivity index (χ0) is 20.1. The molecule has 0 fully saturated rings. The van der Waals surface area contributed by atoms with Crippen LogP contribution in [0.2, 0.25) is 0 Å². The van der Waals surface area contributed by atoms with Gasteiger partial charge in [0, 0.05) is 24.0 Å². The van der Waals surface area contributed by atoms with Crippen molar-refractivity contribution in [3.63, 3.8) is 0 Å². The van der Waals surface area contributed by atoms with Gasteiger partial charge in [-0.1, -0.05) is 30.3 Å². The summed E-state index contributed by atoms with van der Waals surface area (Å²) in [5.74, 6) is 1.52. The summed E-state index contributed by atoms with van der Waals surface area (Å²) in [6.07, 6.45) is 1.78. The molecule has 0 bridgehead atoms. The van der Waals surface area contributed by atoms with E-state index in [0.29, 0.717) is 35.4 Å². The predicted octanol–water partition coefficient (Wildman–Crippen LogP) is 3.62. The van der Waals surface area contributed by atoms with E-state index in [1.807, 2.05) is 43.3 Å². The largest absolute Gasteiger partial charge is 0.454 e. The summed E-state index contributed by atoms with van der Waals surface area (Å²) in [5, 5.41) is 6.05. The Morgan fingerprint density at radius 3 is 2.72 bits per heavy atom. The average molecular weight is 390 g/mol. The van der Waals surface area contributed by atoms with E-state index in [1.54, 1.807) is 6.07 Å². The molecule has 148 valence electrons. The molecule has 29 heavy (non-hydrogen) atoms. The van der Waals surface area contributed by atoms with Gasteiger partial charge < -0.3 is 20.1 Å². The second kappa shape index (κ2) is 8.60. The van der Waals surface area contributed by atoms with Gasteiger partial charge in [-0.25, -0.2) is 9.97 Å². The van der Waals surface area contributed by atoms with E-state index >= 15 is 0 Å². The molecule has 1 aliphatic rings. The Balaban J connectivity index is 1.36. The van der Waals surface area contributed by atoms with Gasteiger partial charge in [-0.3, -0.25) is 4.79 Å². The summed E-state index contributed by atoms with van der Waals surface area (Å²) in [6, 6.07) is 17.4. The fourth-order valence-electron chi connectivity index (χ4n) is 3.07. The van der Waals surface area contributed by atoms with Crippen LogP contribution in [0, 0.1) is 6.92 Å². The molecule has 3 aromatic rings. The van der Waals surface area contributed by atoms with Crippen molar-refractivity contribution in [1.29, 1.82) is 0 Å². The van der Waals surface area contributed by atoms with Crippen molar-refractivity contribution in [2.45, 2.75) is 19.8 Å². The second-order valence-corrected chi connectivity index (χ2v) is 6.76. The van der Waals surface area contributed by atoms with Gasteiger partial charge in [0.2, 0.25) is 12.7 Å². The Bertz CT molecular complexity index is 1010. The standard InChI is InChI=1S/C22H22N4O3/c1-15-12-18(21(27)23-11-5-8-16-6-3-2-4-7-16)26-22(24-15)25-17-9-10-19-20(13-17)29-14-28-19/h2-4,6-7,9-10,12-13H,5,8,11,14H2,1H3,(H,23,27)(H,24,25,26). The molecule has 0 saturated carbocycles. The Morgan fingerprint density at radius 2 is 1.86 bits per heavy atom. The van der Waals surface area contributed by atoms with Crippen molar-refractivity contribution in [3.05, 3.63) is 71.5 Å². The third kappa shape index (κ3) is 4.82. The lowest BCUT2D eigenvalue weighted by Gasteiger charge is -2.09. The summed E-state index contributed by atoms with van der Waals surface area (Å²) in [6.45, 7) is 2.63. The first-order valence-electron chi connectivity index (χ1n) is 9.52. The molecular formula is C22H22N4O3. The Kier molecular flexibility index (Phi) is 5.56. The van der Waals surface area contributed by atoms with Gasteiger partial charge in [0.25, 0.3) is 5.91 Å². The normalized spacial score (nSPS) is 11.9. The van der Waals surface area contributed by atoms with E-state index < -0.39 is 0 Å². The number of fused-ring (bicyclic) bond motifs is 1. The lowest BCUT2D eigenvalue weighted by molar-refractivity contribution is 0.0948. The number of amides is 1. The van der Waals surface area contributed by atoms with E-state index in [9.17, 15) is 4.79 Å². The van der Waals surface area contributed by atoms with Crippen molar-refractivity contribution >= 4 is 17.5 Å². The summed E-state index contributed by atoms with van der Waals surface area (Å²) < 4.78 is 10.7. The monoisotopic (exact) mass is 390 g/mol. The molecule has 7 heteroatoms. The Labute approximate surface area is 169 Å². The van der Waals surface area contributed by atoms with Crippen LogP contribution in [0.15, 0.2) is 54.6 Å². The lowest BCUT2D eigenvalue weighted by Crippen LogP contribution is -2.26. The molecule has 4 rings (SSSR count). The van der Waals surface area contributed by atoms with Gasteiger partial charge in [0.05, 0.1) is 0 Å². The molecule has 0 unspecified atom stereocenters. The Morgan fingerprint density at radius 1 is 1.03 bits per heavy atom. The van der Waals surface area contributed by atoms with Crippen LogP contribution < -0.4 is 20.1 Å². The minimum atomic E-state index is -0.211. The summed E-state index contributed by atoms with van der Waals surface area (Å²) >= 11 is 0. The first kappa shape index (κ1) is 18.7. The number of hydrogen-bond donors (Lipinski definition) is 2. The maximum Gasteiger partial charge on any atom is 0.270 e. The van der Waals surface area contributed by atoms with Crippen LogP contribution in [0.3, 0.4) is 0 Å². The number of rotatable bonds is 7. The van der Waals surface area contributed by atoms with Gasteiger partial charge in [-0.2, -0.15) is 0 Å². The molecule has 0 spiro atoms. The molecular weight excluding hydrogens is 368 g/mol. The zero-order valence-corrected chi connectivity index (χ0v) is 16.1. The van der Waals surface area contributed by atoms with E-state index in [0.717, 1.165) is 18.5 Å². The quantitative estimate of drug-likeness (QED) is 0.600. The average Bonchev–Trinajstić information content (AvgIpc) is 3.19. The van der Waals surface area contributed by atoms with Crippen molar-refractivity contribution in [2.75, 3.05) is 18.7 Å². The third-order valence-corrected chi connectivity index (χ3v) is 4.49. The molecule has 1 amide bonds. The highest BCUT2D eigenvalue weighted by molar-refractivity contribution is 5.92. The molecule has 2 N–H and O–H groups in total. The van der Waals surface area contributed by atoms with Gasteiger partial charge >= 0.3 is 0 Å². The molecule has 1 aromatic heterocycles. The molecule has 0 saturated heterocycles. The number of anilines is 2. The highest BCUT2D eigenvalue weighted by Gasteiger charge is 2.15. The number of nitrogens with zero attached hydrogens (tertiary/aromatic N) is 2. The molecule has 0 atom stereocenters. The van der Waals surface area contributed by atoms with Crippen molar-refractivity contribution in [3.8, 4) is 11.5 Å². The van der Waals surface area contributed by atoms with E-state index in [2.05, 4.69) is 32.7 Å². The fourth-order valence-corrected chi connectivity index (χ4v) is 3.07. The Hall–Kier alpha value is -3.61. The summed E-state index contributed by atoms with van der Waals surface area (Å²) in [7, 11) is 0. The minimum absolute atomic E-state index is 0.211. The number of hydrogen-bond acceptors (Lipinski definition) is 6. The van der Waals surface area contributed by atoms with E-state index in [4.69, 9.17) is 9.47 Å². The van der Waals surface area contributed by atoms with Crippen LogP contribution in [-0.2, 0) is 6.42 Å². The predicted molar refractivity (Wildman–Crippen MR) is 110 cm³/mol. The number of nitrogens with one attached hydrogen (secondary N) is 2. The van der Waals surface area contributed by atoms with Crippen LogP contribution in [0.5, 0.6) is 11.5 Å². The van der Waals surface area contributed by atoms with Crippen molar-refractivity contribution < 1.29 is 14.3 Å². The van der Waals surface area contributed by atoms with E-state index in [1.165, 1.54) is 5.56 Å². The number of aryl methyl sites for hydroxylation is 2. The number of carbonyl (C=O) groups is 1. The molecule has 7 nitrogen and oxygen atoms in total.